The molecule has 0 fully saturated rings. The minimum Gasteiger partial charge on any atom is -0.346 e. The molecule has 1 aromatic carbocycles. The van der Waals surface area contributed by atoms with E-state index < -0.39 is 17.6 Å². The molecule has 7 nitrogen and oxygen atoms in total. The van der Waals surface area contributed by atoms with Crippen LogP contribution in [-0.2, 0) is 12.7 Å². The number of carbonyl (C=O) groups excluding carboxylic acids is 1. The maximum absolute atomic E-state index is 13.1. The molecule has 152 valence electrons. The van der Waals surface area contributed by atoms with Crippen LogP contribution in [0.5, 0.6) is 0 Å². The first kappa shape index (κ1) is 19.7. The van der Waals surface area contributed by atoms with E-state index in [1.807, 2.05) is 0 Å². The topological polar surface area (TPSA) is 93.8 Å². The van der Waals surface area contributed by atoms with Crippen molar-refractivity contribution in [2.75, 3.05) is 0 Å². The maximum Gasteiger partial charge on any atom is 0.416 e. The van der Waals surface area contributed by atoms with E-state index >= 15 is 0 Å². The van der Waals surface area contributed by atoms with E-state index in [-0.39, 0.29) is 23.0 Å². The van der Waals surface area contributed by atoms with E-state index in [1.165, 1.54) is 18.2 Å². The number of rotatable bonds is 5. The lowest BCUT2D eigenvalue weighted by Gasteiger charge is -2.12. The van der Waals surface area contributed by atoms with Crippen LogP contribution in [0.15, 0.2) is 58.7 Å². The number of nitrogens with zero attached hydrogens (tertiary/aromatic N) is 4. The number of amides is 1. The van der Waals surface area contributed by atoms with Crippen molar-refractivity contribution in [1.82, 2.24) is 25.4 Å². The molecule has 30 heavy (non-hydrogen) atoms. The van der Waals surface area contributed by atoms with Crippen LogP contribution in [0.2, 0.25) is 0 Å². The molecule has 0 radical (unpaired) electrons. The van der Waals surface area contributed by atoms with Crippen molar-refractivity contribution in [2.45, 2.75) is 12.7 Å². The number of nitrogens with one attached hydrogen (secondary N) is 1. The van der Waals surface area contributed by atoms with Crippen molar-refractivity contribution in [2.24, 2.45) is 0 Å². The molecule has 0 aliphatic carbocycles. The summed E-state index contributed by atoms with van der Waals surface area (Å²) in [4.78, 5) is 24.6. The molecular formula is C19H12F3N5O2S. The van der Waals surface area contributed by atoms with Gasteiger partial charge in [-0.2, -0.15) is 18.2 Å². The van der Waals surface area contributed by atoms with Crippen LogP contribution in [0.3, 0.4) is 0 Å². The highest BCUT2D eigenvalue weighted by molar-refractivity contribution is 7.12. The van der Waals surface area contributed by atoms with Crippen LogP contribution in [0.4, 0.5) is 13.2 Å². The number of hydrogen-bond acceptors (Lipinski definition) is 7. The summed E-state index contributed by atoms with van der Waals surface area (Å²) in [5, 5.41) is 7.95. The Bertz CT molecular complexity index is 1170. The van der Waals surface area contributed by atoms with Gasteiger partial charge >= 0.3 is 6.18 Å². The largest absolute Gasteiger partial charge is 0.416 e. The molecule has 0 spiro atoms. The van der Waals surface area contributed by atoms with Crippen molar-refractivity contribution in [3.05, 3.63) is 70.3 Å². The second-order valence-electron chi connectivity index (χ2n) is 6.03. The van der Waals surface area contributed by atoms with E-state index in [1.54, 1.807) is 29.9 Å². The molecule has 0 atom stereocenters. The highest BCUT2D eigenvalue weighted by atomic mass is 32.1. The Morgan fingerprint density at radius 3 is 2.63 bits per heavy atom. The highest BCUT2D eigenvalue weighted by Gasteiger charge is 2.32. The average Bonchev–Trinajstić information content (AvgIpc) is 3.42. The Labute approximate surface area is 171 Å². The number of carbonyl (C=O) groups is 1. The highest BCUT2D eigenvalue weighted by Crippen LogP contribution is 2.32. The van der Waals surface area contributed by atoms with E-state index in [0.29, 0.717) is 17.1 Å². The van der Waals surface area contributed by atoms with Crippen LogP contribution in [0.1, 0.15) is 20.9 Å². The molecule has 3 heterocycles. The van der Waals surface area contributed by atoms with Gasteiger partial charge in [0.05, 0.1) is 5.56 Å². The standard InChI is InChI=1S/C19H12F3N5O2S/c20-19(21,22)13-4-2-1-3-12(13)9-24-16(28)18-25-14(10-30-18)17-26-15(27-29-17)11-5-7-23-8-6-11/h1-8,10H,9H2,(H,24,28). The lowest BCUT2D eigenvalue weighted by Crippen LogP contribution is -2.24. The van der Waals surface area contributed by atoms with Crippen molar-refractivity contribution >= 4 is 17.2 Å². The monoisotopic (exact) mass is 431 g/mol. The average molecular weight is 431 g/mol. The molecule has 4 rings (SSSR count). The zero-order valence-corrected chi connectivity index (χ0v) is 15.9. The predicted octanol–water partition coefficient (Wildman–Crippen LogP) is 4.20. The van der Waals surface area contributed by atoms with Crippen molar-refractivity contribution in [1.29, 1.82) is 0 Å². The quantitative estimate of drug-likeness (QED) is 0.509. The third-order valence-corrected chi connectivity index (χ3v) is 4.89. The van der Waals surface area contributed by atoms with Crippen molar-refractivity contribution < 1.29 is 22.5 Å². The van der Waals surface area contributed by atoms with Gasteiger partial charge in [-0.3, -0.25) is 9.78 Å². The lowest BCUT2D eigenvalue weighted by molar-refractivity contribution is -0.138. The van der Waals surface area contributed by atoms with Crippen LogP contribution in [-0.4, -0.2) is 26.0 Å². The van der Waals surface area contributed by atoms with Crippen molar-refractivity contribution in [3.63, 3.8) is 0 Å². The van der Waals surface area contributed by atoms with E-state index in [2.05, 4.69) is 25.4 Å². The summed E-state index contributed by atoms with van der Waals surface area (Å²) in [5.41, 5.74) is 0.179. The summed E-state index contributed by atoms with van der Waals surface area (Å²) < 4.78 is 44.4. The molecule has 1 N–H and O–H groups in total. The van der Waals surface area contributed by atoms with Crippen LogP contribution in [0.25, 0.3) is 23.0 Å². The fourth-order valence-corrected chi connectivity index (χ4v) is 3.33. The van der Waals surface area contributed by atoms with Gasteiger partial charge in [0.25, 0.3) is 11.8 Å². The SMILES string of the molecule is O=C(NCc1ccccc1C(F)(F)F)c1nc(-c2nc(-c3ccncc3)no2)cs1. The lowest BCUT2D eigenvalue weighted by atomic mass is 10.1. The molecule has 1 amide bonds. The van der Waals surface area contributed by atoms with Gasteiger partial charge in [0.2, 0.25) is 5.82 Å². The Morgan fingerprint density at radius 2 is 1.87 bits per heavy atom. The Hall–Kier alpha value is -3.60. The van der Waals surface area contributed by atoms with Gasteiger partial charge in [-0.25, -0.2) is 4.98 Å². The molecule has 0 aliphatic rings. The summed E-state index contributed by atoms with van der Waals surface area (Å²) in [7, 11) is 0. The molecule has 0 saturated heterocycles. The second kappa shape index (κ2) is 8.03. The number of benzene rings is 1. The van der Waals surface area contributed by atoms with E-state index in [0.717, 1.165) is 17.4 Å². The summed E-state index contributed by atoms with van der Waals surface area (Å²) in [5.74, 6) is -0.133. The van der Waals surface area contributed by atoms with Crippen molar-refractivity contribution in [3.8, 4) is 23.0 Å². The Morgan fingerprint density at radius 1 is 1.10 bits per heavy atom. The van der Waals surface area contributed by atoms with Crippen LogP contribution < -0.4 is 5.32 Å². The zero-order valence-electron chi connectivity index (χ0n) is 15.1. The molecule has 0 aliphatic heterocycles. The summed E-state index contributed by atoms with van der Waals surface area (Å²) in [6.07, 6.45) is -1.32. The van der Waals surface area contributed by atoms with Gasteiger partial charge < -0.3 is 9.84 Å². The Kier molecular flexibility index (Phi) is 5.27. The fraction of sp³-hybridized carbons (Fsp3) is 0.105. The molecule has 0 bridgehead atoms. The minimum absolute atomic E-state index is 0.0333. The summed E-state index contributed by atoms with van der Waals surface area (Å²) in [6.45, 7) is -0.282. The first-order valence-electron chi connectivity index (χ1n) is 8.55. The normalized spacial score (nSPS) is 11.4. The molecule has 0 unspecified atom stereocenters. The fourth-order valence-electron chi connectivity index (χ4n) is 2.62. The number of alkyl halides is 3. The number of aromatic nitrogens is 4. The van der Waals surface area contributed by atoms with Crippen LogP contribution >= 0.6 is 11.3 Å². The first-order chi connectivity index (χ1) is 14.4. The second-order valence-corrected chi connectivity index (χ2v) is 6.89. The Balaban J connectivity index is 1.46. The zero-order chi connectivity index (χ0) is 21.1. The molecule has 4 aromatic rings. The molecule has 3 aromatic heterocycles. The summed E-state index contributed by atoms with van der Waals surface area (Å²) >= 11 is 1.02. The van der Waals surface area contributed by atoms with Gasteiger partial charge in [-0.1, -0.05) is 23.4 Å². The molecule has 0 saturated carbocycles. The third kappa shape index (κ3) is 4.20. The first-order valence-corrected chi connectivity index (χ1v) is 9.43. The molecule has 11 heteroatoms. The van der Waals surface area contributed by atoms with Gasteiger partial charge in [0.1, 0.15) is 5.69 Å². The van der Waals surface area contributed by atoms with Gasteiger partial charge in [0.15, 0.2) is 5.01 Å². The van der Waals surface area contributed by atoms with Gasteiger partial charge in [-0.05, 0) is 23.8 Å². The number of halogens is 3. The summed E-state index contributed by atoms with van der Waals surface area (Å²) in [6, 6.07) is 8.50. The number of thiazole rings is 1. The predicted molar refractivity (Wildman–Crippen MR) is 101 cm³/mol. The van der Waals surface area contributed by atoms with Gasteiger partial charge in [-0.15, -0.1) is 11.3 Å². The van der Waals surface area contributed by atoms with Gasteiger partial charge in [0, 0.05) is 29.9 Å². The number of pyridine rings is 1. The van der Waals surface area contributed by atoms with E-state index in [4.69, 9.17) is 4.52 Å². The maximum atomic E-state index is 13.1. The van der Waals surface area contributed by atoms with Crippen LogP contribution in [0, 0.1) is 0 Å². The molecular weight excluding hydrogens is 419 g/mol. The number of hydrogen-bond donors (Lipinski definition) is 1. The smallest absolute Gasteiger partial charge is 0.346 e. The minimum atomic E-state index is -4.50. The van der Waals surface area contributed by atoms with E-state index in [9.17, 15) is 18.0 Å². The third-order valence-electron chi connectivity index (χ3n) is 4.04.